The quantitative estimate of drug-likeness (QED) is 0.615. The Bertz CT molecular complexity index is 197. The highest BCUT2D eigenvalue weighted by Crippen LogP contribution is 2.26. The van der Waals surface area contributed by atoms with Gasteiger partial charge in [0.05, 0.1) is 12.5 Å². The lowest BCUT2D eigenvalue weighted by molar-refractivity contribution is 0.0852. The average molecular weight is 152 g/mol. The molecule has 1 aliphatic heterocycles. The Morgan fingerprint density at radius 1 is 1.27 bits per heavy atom. The van der Waals surface area contributed by atoms with Crippen LogP contribution in [0.25, 0.3) is 0 Å². The van der Waals surface area contributed by atoms with Gasteiger partial charge < -0.3 is 9.15 Å². The van der Waals surface area contributed by atoms with Crippen LogP contribution in [0, 0.1) is 0 Å². The number of furan rings is 1. The molecule has 0 radical (unpaired) electrons. The summed E-state index contributed by atoms with van der Waals surface area (Å²) < 4.78 is 10.3. The summed E-state index contributed by atoms with van der Waals surface area (Å²) in [6.07, 6.45) is 5.86. The second kappa shape index (κ2) is 3.09. The Labute approximate surface area is 66.2 Å². The van der Waals surface area contributed by atoms with Gasteiger partial charge in [-0.2, -0.15) is 0 Å². The fraction of sp³-hybridized carbons (Fsp3) is 0.556. The van der Waals surface area contributed by atoms with Crippen LogP contribution in [0.1, 0.15) is 24.3 Å². The molecule has 1 fully saturated rings. The molecule has 2 nitrogen and oxygen atoms in total. The molecule has 60 valence electrons. The van der Waals surface area contributed by atoms with Gasteiger partial charge in [-0.15, -0.1) is 0 Å². The van der Waals surface area contributed by atoms with Crippen LogP contribution in [0.3, 0.4) is 0 Å². The van der Waals surface area contributed by atoms with E-state index < -0.39 is 0 Å². The van der Waals surface area contributed by atoms with Crippen molar-refractivity contribution in [2.75, 3.05) is 13.2 Å². The number of rotatable bonds is 1. The average Bonchev–Trinajstić information content (AvgIpc) is 2.58. The number of hydrogen-bond donors (Lipinski definition) is 0. The summed E-state index contributed by atoms with van der Waals surface area (Å²) in [6.45, 7) is 1.80. The van der Waals surface area contributed by atoms with Crippen molar-refractivity contribution in [3.63, 3.8) is 0 Å². The fourth-order valence-corrected chi connectivity index (χ4v) is 1.54. The lowest BCUT2D eigenvalue weighted by Gasteiger charge is -2.20. The molecule has 0 bridgehead atoms. The lowest BCUT2D eigenvalue weighted by atomic mass is 9.94. The van der Waals surface area contributed by atoms with Crippen molar-refractivity contribution in [2.45, 2.75) is 18.8 Å². The van der Waals surface area contributed by atoms with E-state index >= 15 is 0 Å². The molecule has 0 aliphatic carbocycles. The molecule has 2 heteroatoms. The van der Waals surface area contributed by atoms with Crippen LogP contribution in [0.15, 0.2) is 23.0 Å². The van der Waals surface area contributed by atoms with E-state index in [0.29, 0.717) is 5.92 Å². The first-order valence-corrected chi connectivity index (χ1v) is 4.06. The Balaban J connectivity index is 2.04. The van der Waals surface area contributed by atoms with E-state index in [1.54, 1.807) is 6.26 Å². The minimum absolute atomic E-state index is 0.669. The molecule has 0 atom stereocenters. The normalized spacial score (nSPS) is 20.4. The molecule has 1 aromatic rings. The van der Waals surface area contributed by atoms with Gasteiger partial charge in [-0.1, -0.05) is 0 Å². The van der Waals surface area contributed by atoms with Crippen LogP contribution in [-0.2, 0) is 4.74 Å². The maximum Gasteiger partial charge on any atom is 0.0937 e. The summed E-state index contributed by atoms with van der Waals surface area (Å²) in [5, 5.41) is 0. The van der Waals surface area contributed by atoms with Gasteiger partial charge in [0.2, 0.25) is 0 Å². The molecule has 11 heavy (non-hydrogen) atoms. The molecule has 2 rings (SSSR count). The molecule has 1 aliphatic rings. The molecule has 0 spiro atoms. The standard InChI is InChI=1S/C9H12O2/c1-4-10-5-2-8(1)9-3-6-11-7-9/h3,6-8H,1-2,4-5H2. The summed E-state index contributed by atoms with van der Waals surface area (Å²) in [5.41, 5.74) is 1.33. The van der Waals surface area contributed by atoms with Crippen molar-refractivity contribution in [1.82, 2.24) is 0 Å². The van der Waals surface area contributed by atoms with Gasteiger partial charge in [0.25, 0.3) is 0 Å². The zero-order chi connectivity index (χ0) is 7.52. The van der Waals surface area contributed by atoms with Gasteiger partial charge in [0.15, 0.2) is 0 Å². The maximum atomic E-state index is 5.27. The topological polar surface area (TPSA) is 22.4 Å². The summed E-state index contributed by atoms with van der Waals surface area (Å²) in [4.78, 5) is 0. The van der Waals surface area contributed by atoms with E-state index in [2.05, 4.69) is 6.07 Å². The first kappa shape index (κ1) is 6.92. The van der Waals surface area contributed by atoms with Crippen molar-refractivity contribution in [1.29, 1.82) is 0 Å². The van der Waals surface area contributed by atoms with Crippen molar-refractivity contribution in [3.8, 4) is 0 Å². The van der Waals surface area contributed by atoms with Gasteiger partial charge >= 0.3 is 0 Å². The van der Waals surface area contributed by atoms with Crippen LogP contribution >= 0.6 is 0 Å². The first-order chi connectivity index (χ1) is 5.47. The maximum absolute atomic E-state index is 5.27. The van der Waals surface area contributed by atoms with E-state index in [1.165, 1.54) is 5.56 Å². The highest BCUT2D eigenvalue weighted by molar-refractivity contribution is 5.12. The molecule has 0 unspecified atom stereocenters. The van der Waals surface area contributed by atoms with Crippen molar-refractivity contribution in [2.24, 2.45) is 0 Å². The molecule has 0 N–H and O–H groups in total. The Morgan fingerprint density at radius 3 is 2.73 bits per heavy atom. The Kier molecular flexibility index (Phi) is 1.95. The molecule has 0 saturated carbocycles. The summed E-state index contributed by atoms with van der Waals surface area (Å²) >= 11 is 0. The van der Waals surface area contributed by atoms with Crippen LogP contribution in [0.4, 0.5) is 0 Å². The molecule has 1 saturated heterocycles. The van der Waals surface area contributed by atoms with Crippen molar-refractivity contribution >= 4 is 0 Å². The summed E-state index contributed by atoms with van der Waals surface area (Å²) in [5.74, 6) is 0.669. The molecule has 2 heterocycles. The highest BCUT2D eigenvalue weighted by atomic mass is 16.5. The third kappa shape index (κ3) is 1.46. The van der Waals surface area contributed by atoms with E-state index in [-0.39, 0.29) is 0 Å². The predicted molar refractivity (Wildman–Crippen MR) is 41.5 cm³/mol. The van der Waals surface area contributed by atoms with Crippen LogP contribution in [-0.4, -0.2) is 13.2 Å². The van der Waals surface area contributed by atoms with Crippen LogP contribution in [0.5, 0.6) is 0 Å². The van der Waals surface area contributed by atoms with Crippen LogP contribution in [0.2, 0.25) is 0 Å². The summed E-state index contributed by atoms with van der Waals surface area (Å²) in [7, 11) is 0. The Hall–Kier alpha value is -0.760. The minimum atomic E-state index is 0.669. The monoisotopic (exact) mass is 152 g/mol. The van der Waals surface area contributed by atoms with Crippen molar-refractivity contribution in [3.05, 3.63) is 24.2 Å². The van der Waals surface area contributed by atoms with Gasteiger partial charge in [0.1, 0.15) is 0 Å². The van der Waals surface area contributed by atoms with E-state index in [0.717, 1.165) is 26.1 Å². The second-order valence-corrected chi connectivity index (χ2v) is 2.94. The molecular formula is C9H12O2. The Morgan fingerprint density at radius 2 is 2.09 bits per heavy atom. The van der Waals surface area contributed by atoms with Gasteiger partial charge in [-0.25, -0.2) is 0 Å². The van der Waals surface area contributed by atoms with E-state index in [4.69, 9.17) is 9.15 Å². The van der Waals surface area contributed by atoms with E-state index in [1.807, 2.05) is 6.26 Å². The molecule has 0 amide bonds. The molecule has 0 aromatic carbocycles. The van der Waals surface area contributed by atoms with Crippen LogP contribution < -0.4 is 0 Å². The number of ether oxygens (including phenoxy) is 1. The fourth-order valence-electron chi connectivity index (χ4n) is 1.54. The third-order valence-corrected chi connectivity index (χ3v) is 2.24. The highest BCUT2D eigenvalue weighted by Gasteiger charge is 2.15. The molecular weight excluding hydrogens is 140 g/mol. The molecule has 1 aromatic heterocycles. The van der Waals surface area contributed by atoms with Crippen molar-refractivity contribution < 1.29 is 9.15 Å². The minimum Gasteiger partial charge on any atom is -0.472 e. The largest absolute Gasteiger partial charge is 0.472 e. The van der Waals surface area contributed by atoms with Gasteiger partial charge in [-0.05, 0) is 30.4 Å². The lowest BCUT2D eigenvalue weighted by Crippen LogP contribution is -2.13. The first-order valence-electron chi connectivity index (χ1n) is 4.06. The van der Waals surface area contributed by atoms with E-state index in [9.17, 15) is 0 Å². The zero-order valence-corrected chi connectivity index (χ0v) is 6.45. The van der Waals surface area contributed by atoms with Gasteiger partial charge in [0, 0.05) is 13.2 Å². The third-order valence-electron chi connectivity index (χ3n) is 2.24. The smallest absolute Gasteiger partial charge is 0.0937 e. The second-order valence-electron chi connectivity index (χ2n) is 2.94. The number of hydrogen-bond acceptors (Lipinski definition) is 2. The SMILES string of the molecule is c1cc(C2CCOCC2)co1. The zero-order valence-electron chi connectivity index (χ0n) is 6.45. The summed E-state index contributed by atoms with van der Waals surface area (Å²) in [6, 6.07) is 2.05. The van der Waals surface area contributed by atoms with Gasteiger partial charge in [-0.3, -0.25) is 0 Å². The predicted octanol–water partition coefficient (Wildman–Crippen LogP) is 2.17.